The number of hydrogen-bond acceptors (Lipinski definition) is 2. The monoisotopic (exact) mass is 316 g/mol. The molecule has 0 amide bonds. The van der Waals surface area contributed by atoms with E-state index in [2.05, 4.69) is 0 Å². The molecule has 0 aromatic heterocycles. The maximum absolute atomic E-state index is 10.4. The lowest BCUT2D eigenvalue weighted by Crippen LogP contribution is -1.98. The third kappa shape index (κ3) is 3.39. The number of aliphatic hydroxyl groups is 1. The van der Waals surface area contributed by atoms with Crippen molar-refractivity contribution in [2.45, 2.75) is 6.42 Å². The summed E-state index contributed by atoms with van der Waals surface area (Å²) < 4.78 is 0. The van der Waals surface area contributed by atoms with Gasteiger partial charge in [0.2, 0.25) is 0 Å². The summed E-state index contributed by atoms with van der Waals surface area (Å²) in [4.78, 5) is 0. The SMILES string of the molecule is OCCC(=C(c1ccccc1)c1ccccc1O)c1ccccc1. The van der Waals surface area contributed by atoms with E-state index in [1.54, 1.807) is 6.07 Å². The summed E-state index contributed by atoms with van der Waals surface area (Å²) in [5, 5.41) is 20.0. The van der Waals surface area contributed by atoms with Gasteiger partial charge in [-0.25, -0.2) is 0 Å². The van der Waals surface area contributed by atoms with Crippen LogP contribution in [0.5, 0.6) is 5.75 Å². The number of benzene rings is 3. The molecule has 0 atom stereocenters. The van der Waals surface area contributed by atoms with Crippen molar-refractivity contribution >= 4 is 11.1 Å². The topological polar surface area (TPSA) is 40.5 Å². The highest BCUT2D eigenvalue weighted by molar-refractivity contribution is 5.99. The zero-order valence-electron chi connectivity index (χ0n) is 13.4. The average molecular weight is 316 g/mol. The van der Waals surface area contributed by atoms with E-state index in [0.717, 1.165) is 27.8 Å². The van der Waals surface area contributed by atoms with Crippen LogP contribution in [0.4, 0.5) is 0 Å². The maximum atomic E-state index is 10.4. The number of hydrogen-bond donors (Lipinski definition) is 2. The van der Waals surface area contributed by atoms with E-state index < -0.39 is 0 Å². The first-order valence-corrected chi connectivity index (χ1v) is 8.04. The molecule has 0 fully saturated rings. The minimum absolute atomic E-state index is 0.0498. The van der Waals surface area contributed by atoms with Crippen LogP contribution in [0.1, 0.15) is 23.1 Å². The maximum Gasteiger partial charge on any atom is 0.123 e. The Kier molecular flexibility index (Phi) is 5.09. The Hall–Kier alpha value is -2.84. The van der Waals surface area contributed by atoms with Crippen LogP contribution in [0.15, 0.2) is 84.9 Å². The normalized spacial score (nSPS) is 11.9. The van der Waals surface area contributed by atoms with Crippen molar-refractivity contribution in [3.63, 3.8) is 0 Å². The summed E-state index contributed by atoms with van der Waals surface area (Å²) in [5.74, 6) is 0.239. The predicted molar refractivity (Wildman–Crippen MR) is 98.6 cm³/mol. The van der Waals surface area contributed by atoms with Gasteiger partial charge in [-0.2, -0.15) is 0 Å². The molecule has 3 aromatic carbocycles. The number of aliphatic hydroxyl groups excluding tert-OH is 1. The van der Waals surface area contributed by atoms with E-state index in [4.69, 9.17) is 0 Å². The fraction of sp³-hybridized carbons (Fsp3) is 0.0909. The second-order valence-corrected chi connectivity index (χ2v) is 5.58. The van der Waals surface area contributed by atoms with Gasteiger partial charge in [0.25, 0.3) is 0 Å². The molecule has 0 aliphatic carbocycles. The van der Waals surface area contributed by atoms with Crippen LogP contribution >= 0.6 is 0 Å². The molecule has 0 radical (unpaired) electrons. The minimum Gasteiger partial charge on any atom is -0.507 e. The van der Waals surface area contributed by atoms with E-state index >= 15 is 0 Å². The molecule has 120 valence electrons. The van der Waals surface area contributed by atoms with Gasteiger partial charge in [0.05, 0.1) is 0 Å². The highest BCUT2D eigenvalue weighted by atomic mass is 16.3. The third-order valence-corrected chi connectivity index (χ3v) is 4.02. The largest absolute Gasteiger partial charge is 0.507 e. The van der Waals surface area contributed by atoms with Gasteiger partial charge >= 0.3 is 0 Å². The van der Waals surface area contributed by atoms with Crippen LogP contribution in [0.3, 0.4) is 0 Å². The summed E-state index contributed by atoms with van der Waals surface area (Å²) in [5.41, 5.74) is 4.82. The van der Waals surface area contributed by atoms with Crippen molar-refractivity contribution in [3.8, 4) is 5.75 Å². The zero-order valence-corrected chi connectivity index (χ0v) is 13.4. The summed E-state index contributed by atoms with van der Waals surface area (Å²) in [6.45, 7) is 0.0498. The van der Waals surface area contributed by atoms with E-state index in [0.29, 0.717) is 6.42 Å². The lowest BCUT2D eigenvalue weighted by atomic mass is 9.87. The lowest BCUT2D eigenvalue weighted by molar-refractivity contribution is 0.305. The molecule has 24 heavy (non-hydrogen) atoms. The van der Waals surface area contributed by atoms with Gasteiger partial charge in [0.1, 0.15) is 5.75 Å². The van der Waals surface area contributed by atoms with Crippen molar-refractivity contribution in [2.75, 3.05) is 6.61 Å². The van der Waals surface area contributed by atoms with Crippen molar-refractivity contribution < 1.29 is 10.2 Å². The lowest BCUT2D eigenvalue weighted by Gasteiger charge is -2.17. The van der Waals surface area contributed by atoms with Gasteiger partial charge in [-0.15, -0.1) is 0 Å². The Morgan fingerprint density at radius 2 is 1.21 bits per heavy atom. The van der Waals surface area contributed by atoms with Crippen molar-refractivity contribution in [2.24, 2.45) is 0 Å². The summed E-state index contributed by atoms with van der Waals surface area (Å²) in [6, 6.07) is 27.4. The van der Waals surface area contributed by atoms with E-state index in [1.807, 2.05) is 78.9 Å². The van der Waals surface area contributed by atoms with Crippen molar-refractivity contribution in [1.82, 2.24) is 0 Å². The Bertz CT molecular complexity index is 821. The molecule has 2 nitrogen and oxygen atoms in total. The Labute approximate surface area is 142 Å². The van der Waals surface area contributed by atoms with Gasteiger partial charge < -0.3 is 10.2 Å². The predicted octanol–water partition coefficient (Wildman–Crippen LogP) is 4.73. The first kappa shape index (κ1) is 16.0. The number of phenols is 1. The first-order chi connectivity index (χ1) is 11.8. The van der Waals surface area contributed by atoms with Crippen LogP contribution in [-0.2, 0) is 0 Å². The van der Waals surface area contributed by atoms with Gasteiger partial charge in [-0.05, 0) is 34.8 Å². The van der Waals surface area contributed by atoms with Crippen LogP contribution in [0.25, 0.3) is 11.1 Å². The molecular weight excluding hydrogens is 296 g/mol. The number of para-hydroxylation sites is 1. The Balaban J connectivity index is 2.32. The zero-order chi connectivity index (χ0) is 16.8. The van der Waals surface area contributed by atoms with E-state index in [-0.39, 0.29) is 12.4 Å². The van der Waals surface area contributed by atoms with Crippen molar-refractivity contribution in [1.29, 1.82) is 0 Å². The van der Waals surface area contributed by atoms with Crippen molar-refractivity contribution in [3.05, 3.63) is 102 Å². The second-order valence-electron chi connectivity index (χ2n) is 5.58. The summed E-state index contributed by atoms with van der Waals surface area (Å²) >= 11 is 0. The molecule has 0 aliphatic heterocycles. The summed E-state index contributed by atoms with van der Waals surface area (Å²) in [6.07, 6.45) is 0.516. The first-order valence-electron chi connectivity index (χ1n) is 8.04. The molecule has 3 aromatic rings. The number of aromatic hydroxyl groups is 1. The highest BCUT2D eigenvalue weighted by Gasteiger charge is 2.16. The fourth-order valence-electron chi connectivity index (χ4n) is 2.95. The molecule has 3 rings (SSSR count). The molecule has 0 unspecified atom stereocenters. The third-order valence-electron chi connectivity index (χ3n) is 4.02. The Morgan fingerprint density at radius 1 is 0.667 bits per heavy atom. The second kappa shape index (κ2) is 7.62. The quantitative estimate of drug-likeness (QED) is 0.668. The number of rotatable bonds is 5. The summed E-state index contributed by atoms with van der Waals surface area (Å²) in [7, 11) is 0. The minimum atomic E-state index is 0.0498. The van der Waals surface area contributed by atoms with E-state index in [9.17, 15) is 10.2 Å². The van der Waals surface area contributed by atoms with Gasteiger partial charge in [-0.1, -0.05) is 78.9 Å². The highest BCUT2D eigenvalue weighted by Crippen LogP contribution is 2.37. The van der Waals surface area contributed by atoms with Crippen LogP contribution < -0.4 is 0 Å². The molecular formula is C22H20O2. The van der Waals surface area contributed by atoms with Gasteiger partial charge in [-0.3, -0.25) is 0 Å². The molecule has 0 heterocycles. The molecule has 0 spiro atoms. The molecule has 0 bridgehead atoms. The molecule has 2 N–H and O–H groups in total. The average Bonchev–Trinajstić information content (AvgIpc) is 2.64. The molecule has 2 heteroatoms. The molecule has 0 aliphatic rings. The number of phenolic OH excluding ortho intramolecular Hbond substituents is 1. The molecule has 0 saturated heterocycles. The van der Waals surface area contributed by atoms with Crippen LogP contribution in [-0.4, -0.2) is 16.8 Å². The van der Waals surface area contributed by atoms with Crippen LogP contribution in [0.2, 0.25) is 0 Å². The van der Waals surface area contributed by atoms with Crippen LogP contribution in [0, 0.1) is 0 Å². The molecule has 0 saturated carbocycles. The van der Waals surface area contributed by atoms with E-state index in [1.165, 1.54) is 0 Å². The standard InChI is InChI=1S/C22H20O2/c23-16-15-19(17-9-3-1-4-10-17)22(18-11-5-2-6-12-18)20-13-7-8-14-21(20)24/h1-14,23-24H,15-16H2. The van der Waals surface area contributed by atoms with Gasteiger partial charge in [0, 0.05) is 12.2 Å². The Morgan fingerprint density at radius 3 is 1.79 bits per heavy atom. The van der Waals surface area contributed by atoms with Gasteiger partial charge in [0.15, 0.2) is 0 Å². The fourth-order valence-corrected chi connectivity index (χ4v) is 2.95. The smallest absolute Gasteiger partial charge is 0.123 e.